The molecule has 1 aliphatic rings. The summed E-state index contributed by atoms with van der Waals surface area (Å²) in [5.74, 6) is -2.85. The zero-order valence-corrected chi connectivity index (χ0v) is 22.0. The summed E-state index contributed by atoms with van der Waals surface area (Å²) in [6, 6.07) is 15.2. The molecule has 0 bridgehead atoms. The van der Waals surface area contributed by atoms with E-state index in [9.17, 15) is 14.4 Å². The van der Waals surface area contributed by atoms with Crippen molar-refractivity contribution in [3.05, 3.63) is 71.3 Å². The minimum atomic E-state index is -1.26. The van der Waals surface area contributed by atoms with Crippen LogP contribution in [0.3, 0.4) is 0 Å². The number of carbonyl (C=O) groups is 3. The summed E-state index contributed by atoms with van der Waals surface area (Å²) in [6.07, 6.45) is 6.32. The molecule has 8 nitrogen and oxygen atoms in total. The van der Waals surface area contributed by atoms with Crippen LogP contribution in [0.5, 0.6) is 0 Å². The lowest BCUT2D eigenvalue weighted by Gasteiger charge is -2.41. The van der Waals surface area contributed by atoms with E-state index < -0.39 is 11.9 Å². The van der Waals surface area contributed by atoms with Crippen LogP contribution in [0.1, 0.15) is 61.5 Å². The first-order valence-corrected chi connectivity index (χ1v) is 12.9. The van der Waals surface area contributed by atoms with Crippen molar-refractivity contribution in [3.8, 4) is 0 Å². The Hall–Kier alpha value is -3.65. The van der Waals surface area contributed by atoms with Crippen LogP contribution in [0.15, 0.2) is 54.6 Å². The standard InChI is InChI=1S/C25H35N3O.C4H4O4/c1-4-16-27-17-14-20(15-18-27)28(19-10-8-7-9-11-19)24-13-12-23(25(26)29)21(5-2)22(24)6-3;5-3(6)1-2-4(7)8/h7-13,20H,4-6,14-18H2,1-3H3,(H2,26,29);1-2H,(H,5,6)(H,7,8)/b;2-1+. The van der Waals surface area contributed by atoms with Crippen molar-refractivity contribution in [2.45, 2.75) is 58.9 Å². The molecule has 0 atom stereocenters. The zero-order valence-electron chi connectivity index (χ0n) is 22.0. The third-order valence-electron chi connectivity index (χ3n) is 6.50. The van der Waals surface area contributed by atoms with Gasteiger partial charge in [0.1, 0.15) is 0 Å². The summed E-state index contributed by atoms with van der Waals surface area (Å²) in [4.78, 5) is 36.2. The molecule has 0 radical (unpaired) electrons. The summed E-state index contributed by atoms with van der Waals surface area (Å²) in [6.45, 7) is 10.0. The smallest absolute Gasteiger partial charge is 0.328 e. The summed E-state index contributed by atoms with van der Waals surface area (Å²) >= 11 is 0. The van der Waals surface area contributed by atoms with E-state index in [1.807, 2.05) is 6.07 Å². The Kier molecular flexibility index (Phi) is 11.8. The number of carboxylic acids is 2. The maximum atomic E-state index is 12.0. The van der Waals surface area contributed by atoms with Crippen LogP contribution in [0.2, 0.25) is 0 Å². The van der Waals surface area contributed by atoms with E-state index in [0.29, 0.717) is 23.8 Å². The Morgan fingerprint density at radius 1 is 0.919 bits per heavy atom. The van der Waals surface area contributed by atoms with Crippen molar-refractivity contribution < 1.29 is 24.6 Å². The van der Waals surface area contributed by atoms with Gasteiger partial charge in [-0.2, -0.15) is 0 Å². The highest BCUT2D eigenvalue weighted by Crippen LogP contribution is 2.37. The molecule has 37 heavy (non-hydrogen) atoms. The van der Waals surface area contributed by atoms with Crippen molar-refractivity contribution in [2.75, 3.05) is 24.5 Å². The quantitative estimate of drug-likeness (QED) is 0.399. The number of nitrogens with two attached hydrogens (primary N) is 1. The first-order valence-electron chi connectivity index (χ1n) is 12.9. The van der Waals surface area contributed by atoms with Crippen molar-refractivity contribution >= 4 is 29.2 Å². The number of hydrogen-bond donors (Lipinski definition) is 3. The fourth-order valence-corrected chi connectivity index (χ4v) is 4.93. The van der Waals surface area contributed by atoms with Crippen molar-refractivity contribution in [1.82, 2.24) is 4.90 Å². The first kappa shape index (κ1) is 29.6. The van der Waals surface area contributed by atoms with E-state index in [0.717, 1.165) is 44.3 Å². The molecular formula is C29H39N3O5. The van der Waals surface area contributed by atoms with Crippen molar-refractivity contribution in [1.29, 1.82) is 0 Å². The Bertz CT molecular complexity index is 1060. The second-order valence-corrected chi connectivity index (χ2v) is 8.95. The fraction of sp³-hybridized carbons (Fsp3) is 0.414. The highest BCUT2D eigenvalue weighted by molar-refractivity contribution is 5.95. The molecule has 0 aromatic heterocycles. The third-order valence-corrected chi connectivity index (χ3v) is 6.50. The summed E-state index contributed by atoms with van der Waals surface area (Å²) in [7, 11) is 0. The Morgan fingerprint density at radius 2 is 1.49 bits per heavy atom. The second-order valence-electron chi connectivity index (χ2n) is 8.95. The number of hydrogen-bond acceptors (Lipinski definition) is 5. The topological polar surface area (TPSA) is 124 Å². The summed E-state index contributed by atoms with van der Waals surface area (Å²) in [5.41, 5.74) is 11.2. The average molecular weight is 510 g/mol. The number of nitrogens with zero attached hydrogens (tertiary/aromatic N) is 2. The molecular weight excluding hydrogens is 470 g/mol. The van der Waals surface area contributed by atoms with Gasteiger partial charge >= 0.3 is 11.9 Å². The zero-order chi connectivity index (χ0) is 27.4. The van der Waals surface area contributed by atoms with E-state index in [4.69, 9.17) is 15.9 Å². The summed E-state index contributed by atoms with van der Waals surface area (Å²) in [5, 5.41) is 15.6. The number of primary amides is 1. The number of piperidine rings is 1. The van der Waals surface area contributed by atoms with Gasteiger partial charge in [-0.1, -0.05) is 39.0 Å². The number of carbonyl (C=O) groups excluding carboxylic acids is 1. The Labute approximate surface area is 219 Å². The molecule has 2 aromatic carbocycles. The molecule has 0 aliphatic carbocycles. The predicted molar refractivity (Wildman–Crippen MR) is 146 cm³/mol. The Balaban J connectivity index is 0.000000521. The molecule has 1 fully saturated rings. The van der Waals surface area contributed by atoms with Crippen LogP contribution in [0.4, 0.5) is 11.4 Å². The minimum Gasteiger partial charge on any atom is -0.478 e. The second kappa shape index (κ2) is 14.8. The van der Waals surface area contributed by atoms with Crippen molar-refractivity contribution in [2.24, 2.45) is 5.73 Å². The van der Waals surface area contributed by atoms with Gasteiger partial charge in [-0.15, -0.1) is 0 Å². The van der Waals surface area contributed by atoms with Crippen LogP contribution in [-0.4, -0.2) is 58.6 Å². The van der Waals surface area contributed by atoms with E-state index >= 15 is 0 Å². The number of para-hydroxylation sites is 1. The molecule has 1 amide bonds. The molecule has 0 unspecified atom stereocenters. The van der Waals surface area contributed by atoms with Crippen LogP contribution >= 0.6 is 0 Å². The molecule has 1 aliphatic heterocycles. The lowest BCUT2D eigenvalue weighted by molar-refractivity contribution is -0.134. The molecule has 1 heterocycles. The van der Waals surface area contributed by atoms with Gasteiger partial charge in [-0.3, -0.25) is 4.79 Å². The van der Waals surface area contributed by atoms with Gasteiger partial charge in [0.2, 0.25) is 5.91 Å². The minimum absolute atomic E-state index is 0.331. The van der Waals surface area contributed by atoms with Crippen molar-refractivity contribution in [3.63, 3.8) is 0 Å². The normalized spacial score (nSPS) is 14.1. The van der Waals surface area contributed by atoms with Crippen LogP contribution < -0.4 is 10.6 Å². The number of likely N-dealkylation sites (tertiary alicyclic amines) is 1. The molecule has 2 aromatic rings. The monoisotopic (exact) mass is 509 g/mol. The highest BCUT2D eigenvalue weighted by atomic mass is 16.4. The number of anilines is 2. The van der Waals surface area contributed by atoms with Crippen LogP contribution in [0.25, 0.3) is 0 Å². The number of aliphatic carboxylic acids is 2. The van der Waals surface area contributed by atoms with E-state index in [-0.39, 0.29) is 5.91 Å². The van der Waals surface area contributed by atoms with E-state index in [1.54, 1.807) is 0 Å². The Morgan fingerprint density at radius 3 is 1.95 bits per heavy atom. The van der Waals surface area contributed by atoms with E-state index in [2.05, 4.69) is 67.0 Å². The number of benzene rings is 2. The van der Waals surface area contributed by atoms with Gasteiger partial charge in [0.05, 0.1) is 0 Å². The van der Waals surface area contributed by atoms with Gasteiger partial charge in [0, 0.05) is 48.2 Å². The lowest BCUT2D eigenvalue weighted by Crippen LogP contribution is -2.43. The SMILES string of the molecule is CCCN1CCC(N(c2ccccc2)c2ccc(C(N)=O)c(CC)c2CC)CC1.O=C(O)/C=C/C(=O)O. The maximum Gasteiger partial charge on any atom is 0.328 e. The molecule has 8 heteroatoms. The van der Waals surface area contributed by atoms with Gasteiger partial charge in [0.25, 0.3) is 0 Å². The third kappa shape index (κ3) is 8.46. The fourth-order valence-electron chi connectivity index (χ4n) is 4.93. The summed E-state index contributed by atoms with van der Waals surface area (Å²) < 4.78 is 0. The van der Waals surface area contributed by atoms with Crippen LogP contribution in [0, 0.1) is 0 Å². The number of amides is 1. The molecule has 1 saturated heterocycles. The number of rotatable bonds is 10. The maximum absolute atomic E-state index is 12.0. The highest BCUT2D eigenvalue weighted by Gasteiger charge is 2.28. The van der Waals surface area contributed by atoms with E-state index in [1.165, 1.54) is 29.9 Å². The average Bonchev–Trinajstić information content (AvgIpc) is 2.89. The molecule has 0 spiro atoms. The molecule has 3 rings (SSSR count). The largest absolute Gasteiger partial charge is 0.478 e. The van der Waals surface area contributed by atoms with Gasteiger partial charge in [0.15, 0.2) is 0 Å². The lowest BCUT2D eigenvalue weighted by atomic mass is 9.92. The first-order chi connectivity index (χ1) is 17.7. The molecule has 4 N–H and O–H groups in total. The van der Waals surface area contributed by atoms with Gasteiger partial charge in [-0.05, 0) is 74.0 Å². The number of carboxylic acid groups (broad SMARTS) is 2. The van der Waals surface area contributed by atoms with Gasteiger partial charge < -0.3 is 25.7 Å². The predicted octanol–water partition coefficient (Wildman–Crippen LogP) is 4.63. The molecule has 200 valence electrons. The van der Waals surface area contributed by atoms with Crippen LogP contribution in [-0.2, 0) is 22.4 Å². The molecule has 0 saturated carbocycles. The van der Waals surface area contributed by atoms with Gasteiger partial charge in [-0.25, -0.2) is 9.59 Å².